The summed E-state index contributed by atoms with van der Waals surface area (Å²) in [5.41, 5.74) is 9.09. The van der Waals surface area contributed by atoms with Crippen molar-refractivity contribution in [3.05, 3.63) is 57.0 Å². The lowest BCUT2D eigenvalue weighted by Gasteiger charge is -2.04. The van der Waals surface area contributed by atoms with Gasteiger partial charge in [0.2, 0.25) is 16.6 Å². The number of halogens is 2. The van der Waals surface area contributed by atoms with Crippen LogP contribution in [0.3, 0.4) is 0 Å². The first-order valence-corrected chi connectivity index (χ1v) is 7.86. The SMILES string of the molecule is Nc1nn(CC(=O)c2ccc(Cl)c(Cl)c2)c(=S)n1Nc1ccco1. The average Bonchev–Trinajstić information content (AvgIpc) is 3.14. The molecule has 3 aromatic rings. The number of carbonyl (C=O) groups excluding carboxylic acids is 1. The molecule has 0 fully saturated rings. The topological polar surface area (TPSA) is 91.0 Å². The third-order valence-electron chi connectivity index (χ3n) is 3.14. The minimum atomic E-state index is -0.229. The normalized spacial score (nSPS) is 10.8. The molecule has 0 bridgehead atoms. The molecule has 0 saturated carbocycles. The van der Waals surface area contributed by atoms with Crippen LogP contribution in [0.15, 0.2) is 41.0 Å². The fraction of sp³-hybridized carbons (Fsp3) is 0.0714. The smallest absolute Gasteiger partial charge is 0.240 e. The van der Waals surface area contributed by atoms with Crippen molar-refractivity contribution in [2.75, 3.05) is 11.2 Å². The van der Waals surface area contributed by atoms with E-state index < -0.39 is 0 Å². The zero-order valence-electron chi connectivity index (χ0n) is 12.1. The van der Waals surface area contributed by atoms with E-state index in [9.17, 15) is 4.79 Å². The fourth-order valence-corrected chi connectivity index (χ4v) is 2.52. The molecule has 3 N–H and O–H groups in total. The number of aromatic nitrogens is 3. The Hall–Kier alpha value is -2.29. The second-order valence-electron chi connectivity index (χ2n) is 4.78. The number of carbonyl (C=O) groups is 1. The fourth-order valence-electron chi connectivity index (χ4n) is 1.98. The van der Waals surface area contributed by atoms with E-state index in [-0.39, 0.29) is 23.0 Å². The van der Waals surface area contributed by atoms with Gasteiger partial charge in [0, 0.05) is 11.6 Å². The Morgan fingerprint density at radius 2 is 2.12 bits per heavy atom. The van der Waals surface area contributed by atoms with Crippen molar-refractivity contribution >= 4 is 53.0 Å². The summed E-state index contributed by atoms with van der Waals surface area (Å²) in [6.07, 6.45) is 1.50. The van der Waals surface area contributed by atoms with Crippen LogP contribution in [0.4, 0.5) is 11.8 Å². The molecular weight excluding hydrogens is 373 g/mol. The quantitative estimate of drug-likeness (QED) is 0.516. The Morgan fingerprint density at radius 3 is 2.79 bits per heavy atom. The number of hydrogen-bond acceptors (Lipinski definition) is 6. The van der Waals surface area contributed by atoms with Crippen LogP contribution in [0, 0.1) is 4.77 Å². The summed E-state index contributed by atoms with van der Waals surface area (Å²) in [4.78, 5) is 12.4. The third-order valence-corrected chi connectivity index (χ3v) is 4.27. The maximum absolute atomic E-state index is 12.4. The van der Waals surface area contributed by atoms with Gasteiger partial charge in [0.1, 0.15) is 6.54 Å². The first kappa shape index (κ1) is 16.6. The van der Waals surface area contributed by atoms with E-state index in [1.54, 1.807) is 24.3 Å². The Morgan fingerprint density at radius 1 is 1.33 bits per heavy atom. The highest BCUT2D eigenvalue weighted by molar-refractivity contribution is 7.71. The lowest BCUT2D eigenvalue weighted by Crippen LogP contribution is -2.14. The predicted molar refractivity (Wildman–Crippen MR) is 94.0 cm³/mol. The first-order chi connectivity index (χ1) is 11.5. The number of hydrogen-bond donors (Lipinski definition) is 2. The van der Waals surface area contributed by atoms with Gasteiger partial charge in [0.15, 0.2) is 5.78 Å². The van der Waals surface area contributed by atoms with Crippen molar-refractivity contribution in [3.8, 4) is 0 Å². The van der Waals surface area contributed by atoms with Crippen LogP contribution in [-0.4, -0.2) is 20.2 Å². The zero-order chi connectivity index (χ0) is 17.3. The molecule has 2 aromatic heterocycles. The summed E-state index contributed by atoms with van der Waals surface area (Å²) in [6.45, 7) is -0.0895. The van der Waals surface area contributed by atoms with Gasteiger partial charge in [-0.25, -0.2) is 4.68 Å². The molecule has 124 valence electrons. The molecule has 2 heterocycles. The lowest BCUT2D eigenvalue weighted by atomic mass is 10.1. The summed E-state index contributed by atoms with van der Waals surface area (Å²) < 4.78 is 8.04. The van der Waals surface area contributed by atoms with Gasteiger partial charge >= 0.3 is 0 Å². The van der Waals surface area contributed by atoms with Crippen molar-refractivity contribution in [1.82, 2.24) is 14.5 Å². The summed E-state index contributed by atoms with van der Waals surface area (Å²) in [5, 5.41) is 4.74. The molecule has 0 amide bonds. The molecule has 0 saturated heterocycles. The van der Waals surface area contributed by atoms with E-state index in [2.05, 4.69) is 10.5 Å². The highest BCUT2D eigenvalue weighted by Gasteiger charge is 2.14. The van der Waals surface area contributed by atoms with Crippen molar-refractivity contribution in [3.63, 3.8) is 0 Å². The lowest BCUT2D eigenvalue weighted by molar-refractivity contribution is 0.0967. The number of nitrogen functional groups attached to an aromatic ring is 1. The Kier molecular flexibility index (Phi) is 4.61. The van der Waals surface area contributed by atoms with Crippen LogP contribution in [0.5, 0.6) is 0 Å². The standard InChI is InChI=1S/C14H11Cl2N5O2S/c15-9-4-3-8(6-10(9)16)11(22)7-20-14(24)21(13(17)19-20)18-12-2-1-5-23-12/h1-6,18H,7H2,(H2,17,19). The molecule has 24 heavy (non-hydrogen) atoms. The Balaban J connectivity index is 1.84. The molecule has 0 aliphatic heterocycles. The van der Waals surface area contributed by atoms with Crippen LogP contribution in [0.25, 0.3) is 0 Å². The van der Waals surface area contributed by atoms with Crippen molar-refractivity contribution in [2.45, 2.75) is 6.54 Å². The molecule has 7 nitrogen and oxygen atoms in total. The van der Waals surface area contributed by atoms with Gasteiger partial charge in [-0.2, -0.15) is 4.68 Å². The molecule has 0 aliphatic rings. The molecular formula is C14H11Cl2N5O2S. The van der Waals surface area contributed by atoms with Gasteiger partial charge in [0.25, 0.3) is 0 Å². The number of benzene rings is 1. The van der Waals surface area contributed by atoms with Gasteiger partial charge in [-0.15, -0.1) is 5.10 Å². The summed E-state index contributed by atoms with van der Waals surface area (Å²) in [7, 11) is 0. The van der Waals surface area contributed by atoms with Crippen LogP contribution in [0.2, 0.25) is 10.0 Å². The van der Waals surface area contributed by atoms with E-state index in [0.717, 1.165) is 0 Å². The maximum Gasteiger partial charge on any atom is 0.240 e. The van der Waals surface area contributed by atoms with Crippen molar-refractivity contribution in [2.24, 2.45) is 0 Å². The van der Waals surface area contributed by atoms with Crippen LogP contribution in [0.1, 0.15) is 10.4 Å². The number of nitrogens with two attached hydrogens (primary N) is 1. The number of Topliss-reactive ketones (excluding diaryl/α,β-unsaturated/α-hetero) is 1. The molecule has 1 aromatic carbocycles. The predicted octanol–water partition coefficient (Wildman–Crippen LogP) is 3.65. The van der Waals surface area contributed by atoms with E-state index in [0.29, 0.717) is 21.5 Å². The van der Waals surface area contributed by atoms with E-state index >= 15 is 0 Å². The first-order valence-electron chi connectivity index (χ1n) is 6.70. The summed E-state index contributed by atoms with van der Waals surface area (Å²) in [6, 6.07) is 8.04. The van der Waals surface area contributed by atoms with E-state index in [1.165, 1.54) is 21.7 Å². The summed E-state index contributed by atoms with van der Waals surface area (Å²) in [5.74, 6) is 0.304. The molecule has 3 rings (SSSR count). The molecule has 10 heteroatoms. The number of nitrogens with one attached hydrogen (secondary N) is 1. The maximum atomic E-state index is 12.4. The van der Waals surface area contributed by atoms with Gasteiger partial charge in [-0.05, 0) is 36.5 Å². The van der Waals surface area contributed by atoms with E-state index in [1.807, 2.05) is 0 Å². The highest BCUT2D eigenvalue weighted by Crippen LogP contribution is 2.23. The molecule has 0 unspecified atom stereocenters. The molecule has 0 atom stereocenters. The monoisotopic (exact) mass is 383 g/mol. The Labute approximate surface area is 151 Å². The van der Waals surface area contributed by atoms with Crippen molar-refractivity contribution in [1.29, 1.82) is 0 Å². The minimum Gasteiger partial charge on any atom is -0.447 e. The largest absolute Gasteiger partial charge is 0.447 e. The van der Waals surface area contributed by atoms with Gasteiger partial charge in [-0.1, -0.05) is 23.2 Å². The second-order valence-corrected chi connectivity index (χ2v) is 5.95. The molecule has 0 spiro atoms. The van der Waals surface area contributed by atoms with Crippen molar-refractivity contribution < 1.29 is 9.21 Å². The summed E-state index contributed by atoms with van der Waals surface area (Å²) >= 11 is 17.1. The molecule has 0 radical (unpaired) electrons. The average molecular weight is 384 g/mol. The number of furan rings is 1. The van der Waals surface area contributed by atoms with E-state index in [4.69, 9.17) is 45.6 Å². The van der Waals surface area contributed by atoms with Crippen LogP contribution >= 0.6 is 35.4 Å². The number of anilines is 2. The van der Waals surface area contributed by atoms with Gasteiger partial charge in [0.05, 0.1) is 16.3 Å². The second kappa shape index (κ2) is 6.68. The third kappa shape index (κ3) is 3.30. The van der Waals surface area contributed by atoms with Gasteiger partial charge in [-0.3, -0.25) is 10.2 Å². The highest BCUT2D eigenvalue weighted by atomic mass is 35.5. The minimum absolute atomic E-state index is 0.0895. The molecule has 0 aliphatic carbocycles. The van der Waals surface area contributed by atoms with Crippen LogP contribution in [-0.2, 0) is 6.54 Å². The Bertz CT molecular complexity index is 949. The van der Waals surface area contributed by atoms with Gasteiger partial charge < -0.3 is 10.2 Å². The van der Waals surface area contributed by atoms with Crippen LogP contribution < -0.4 is 11.2 Å². The number of nitrogens with zero attached hydrogens (tertiary/aromatic N) is 3. The zero-order valence-corrected chi connectivity index (χ0v) is 14.4. The number of ketones is 1. The number of rotatable bonds is 5.